The Labute approximate surface area is 183 Å². The molecule has 0 bridgehead atoms. The van der Waals surface area contributed by atoms with Crippen molar-refractivity contribution in [3.63, 3.8) is 0 Å². The summed E-state index contributed by atoms with van der Waals surface area (Å²) in [5, 5.41) is 4.22. The summed E-state index contributed by atoms with van der Waals surface area (Å²) in [7, 11) is 0. The molecular formula is C23H28Cl2N2O2. The standard InChI is InChI=1S/C23H28Cl2N2O2/c1-4-21(23(29)26-14-16(2)3)27(15-18-7-11-20(25)12-8-18)22(28)13-17-5-9-19(24)10-6-17/h5-12,16,21H,4,13-15H2,1-3H3,(H,26,29). The van der Waals surface area contributed by atoms with Crippen LogP contribution in [0.3, 0.4) is 0 Å². The summed E-state index contributed by atoms with van der Waals surface area (Å²) in [5.74, 6) is 0.111. The van der Waals surface area contributed by atoms with E-state index in [1.54, 1.807) is 29.2 Å². The molecular weight excluding hydrogens is 407 g/mol. The topological polar surface area (TPSA) is 49.4 Å². The molecule has 2 amide bonds. The molecule has 29 heavy (non-hydrogen) atoms. The van der Waals surface area contributed by atoms with Crippen LogP contribution in [-0.2, 0) is 22.6 Å². The van der Waals surface area contributed by atoms with Gasteiger partial charge in [-0.05, 0) is 47.7 Å². The summed E-state index contributed by atoms with van der Waals surface area (Å²) in [6.07, 6.45) is 0.739. The van der Waals surface area contributed by atoms with Gasteiger partial charge in [-0.15, -0.1) is 0 Å². The fourth-order valence-corrected chi connectivity index (χ4v) is 3.26. The van der Waals surface area contributed by atoms with Crippen LogP contribution in [0.2, 0.25) is 10.0 Å². The third kappa shape index (κ3) is 7.37. The van der Waals surface area contributed by atoms with Crippen LogP contribution < -0.4 is 5.32 Å². The molecule has 0 radical (unpaired) electrons. The van der Waals surface area contributed by atoms with E-state index in [9.17, 15) is 9.59 Å². The van der Waals surface area contributed by atoms with E-state index in [-0.39, 0.29) is 18.2 Å². The Hall–Kier alpha value is -2.04. The van der Waals surface area contributed by atoms with Crippen molar-refractivity contribution in [2.75, 3.05) is 6.54 Å². The van der Waals surface area contributed by atoms with Crippen LogP contribution in [0.15, 0.2) is 48.5 Å². The maximum Gasteiger partial charge on any atom is 0.242 e. The molecule has 2 aromatic carbocycles. The van der Waals surface area contributed by atoms with Crippen molar-refractivity contribution in [3.8, 4) is 0 Å². The second-order valence-corrected chi connectivity index (χ2v) is 8.39. The molecule has 1 N–H and O–H groups in total. The molecule has 1 atom stereocenters. The van der Waals surface area contributed by atoms with Gasteiger partial charge in [0.1, 0.15) is 6.04 Å². The molecule has 0 saturated heterocycles. The van der Waals surface area contributed by atoms with E-state index in [2.05, 4.69) is 5.32 Å². The van der Waals surface area contributed by atoms with Gasteiger partial charge in [0.25, 0.3) is 0 Å². The largest absolute Gasteiger partial charge is 0.354 e. The highest BCUT2D eigenvalue weighted by Gasteiger charge is 2.28. The molecule has 4 nitrogen and oxygen atoms in total. The second-order valence-electron chi connectivity index (χ2n) is 7.51. The smallest absolute Gasteiger partial charge is 0.242 e. The minimum absolute atomic E-state index is 0.103. The Morgan fingerprint density at radius 3 is 1.93 bits per heavy atom. The Balaban J connectivity index is 2.24. The molecule has 0 aliphatic rings. The Morgan fingerprint density at radius 2 is 1.45 bits per heavy atom. The number of nitrogens with one attached hydrogen (secondary N) is 1. The first-order valence-electron chi connectivity index (χ1n) is 9.86. The molecule has 0 aliphatic carbocycles. The summed E-state index contributed by atoms with van der Waals surface area (Å²) >= 11 is 11.9. The molecule has 0 aromatic heterocycles. The second kappa shape index (κ2) is 11.2. The van der Waals surface area contributed by atoms with E-state index in [0.717, 1.165) is 11.1 Å². The van der Waals surface area contributed by atoms with Gasteiger partial charge in [-0.2, -0.15) is 0 Å². The van der Waals surface area contributed by atoms with Crippen molar-refractivity contribution >= 4 is 35.0 Å². The van der Waals surface area contributed by atoms with Crippen LogP contribution >= 0.6 is 23.2 Å². The summed E-state index contributed by atoms with van der Waals surface area (Å²) in [5.41, 5.74) is 1.78. The predicted molar refractivity (Wildman–Crippen MR) is 119 cm³/mol. The molecule has 156 valence electrons. The highest BCUT2D eigenvalue weighted by molar-refractivity contribution is 6.30. The van der Waals surface area contributed by atoms with Crippen LogP contribution in [0, 0.1) is 5.92 Å². The number of hydrogen-bond acceptors (Lipinski definition) is 2. The molecule has 2 rings (SSSR count). The molecule has 0 heterocycles. The van der Waals surface area contributed by atoms with E-state index < -0.39 is 6.04 Å². The predicted octanol–water partition coefficient (Wildman–Crippen LogP) is 5.12. The zero-order chi connectivity index (χ0) is 21.4. The number of amides is 2. The fourth-order valence-electron chi connectivity index (χ4n) is 3.01. The third-order valence-electron chi connectivity index (χ3n) is 4.61. The lowest BCUT2D eigenvalue weighted by atomic mass is 10.1. The highest BCUT2D eigenvalue weighted by Crippen LogP contribution is 2.17. The van der Waals surface area contributed by atoms with Crippen molar-refractivity contribution in [1.82, 2.24) is 10.2 Å². The van der Waals surface area contributed by atoms with Gasteiger partial charge < -0.3 is 10.2 Å². The number of nitrogens with zero attached hydrogens (tertiary/aromatic N) is 1. The normalized spacial score (nSPS) is 11.9. The Morgan fingerprint density at radius 1 is 0.931 bits per heavy atom. The molecule has 0 saturated carbocycles. The number of benzene rings is 2. The lowest BCUT2D eigenvalue weighted by Crippen LogP contribution is -2.50. The van der Waals surface area contributed by atoms with Crippen LogP contribution in [-0.4, -0.2) is 29.3 Å². The molecule has 6 heteroatoms. The van der Waals surface area contributed by atoms with E-state index in [1.807, 2.05) is 45.0 Å². The van der Waals surface area contributed by atoms with Crippen molar-refractivity contribution in [3.05, 3.63) is 69.7 Å². The lowest BCUT2D eigenvalue weighted by Gasteiger charge is -2.31. The summed E-state index contributed by atoms with van der Waals surface area (Å²) in [4.78, 5) is 27.7. The molecule has 2 aromatic rings. The van der Waals surface area contributed by atoms with Gasteiger partial charge in [-0.3, -0.25) is 9.59 Å². The van der Waals surface area contributed by atoms with E-state index >= 15 is 0 Å². The SMILES string of the molecule is CCC(C(=O)NCC(C)C)N(Cc1ccc(Cl)cc1)C(=O)Cc1ccc(Cl)cc1. The van der Waals surface area contributed by atoms with Gasteiger partial charge in [0.2, 0.25) is 11.8 Å². The van der Waals surface area contributed by atoms with Crippen molar-refractivity contribution < 1.29 is 9.59 Å². The minimum atomic E-state index is -0.538. The number of hydrogen-bond donors (Lipinski definition) is 1. The average Bonchev–Trinajstić information content (AvgIpc) is 2.69. The van der Waals surface area contributed by atoms with Crippen LogP contribution in [0.25, 0.3) is 0 Å². The summed E-state index contributed by atoms with van der Waals surface area (Å²) in [6, 6.07) is 14.0. The van der Waals surface area contributed by atoms with Crippen LogP contribution in [0.1, 0.15) is 38.3 Å². The van der Waals surface area contributed by atoms with E-state index in [4.69, 9.17) is 23.2 Å². The zero-order valence-electron chi connectivity index (χ0n) is 17.1. The first kappa shape index (κ1) is 23.2. The lowest BCUT2D eigenvalue weighted by molar-refractivity contribution is -0.141. The van der Waals surface area contributed by atoms with Gasteiger partial charge in [0.15, 0.2) is 0 Å². The average molecular weight is 435 g/mol. The highest BCUT2D eigenvalue weighted by atomic mass is 35.5. The van der Waals surface area contributed by atoms with Gasteiger partial charge in [-0.1, -0.05) is 68.2 Å². The van der Waals surface area contributed by atoms with Gasteiger partial charge in [0, 0.05) is 23.1 Å². The van der Waals surface area contributed by atoms with Crippen molar-refractivity contribution in [2.24, 2.45) is 5.92 Å². The van der Waals surface area contributed by atoms with E-state index in [1.165, 1.54) is 0 Å². The molecule has 0 aliphatic heterocycles. The number of halogens is 2. The molecule has 0 fully saturated rings. The number of rotatable bonds is 9. The maximum atomic E-state index is 13.2. The summed E-state index contributed by atoms with van der Waals surface area (Å²) in [6.45, 7) is 6.92. The van der Waals surface area contributed by atoms with Gasteiger partial charge >= 0.3 is 0 Å². The molecule has 0 spiro atoms. The van der Waals surface area contributed by atoms with Crippen molar-refractivity contribution in [2.45, 2.75) is 46.2 Å². The minimum Gasteiger partial charge on any atom is -0.354 e. The van der Waals surface area contributed by atoms with Crippen LogP contribution in [0.4, 0.5) is 0 Å². The Bertz CT molecular complexity index is 805. The maximum absolute atomic E-state index is 13.2. The first-order chi connectivity index (χ1) is 13.8. The molecule has 1 unspecified atom stereocenters. The zero-order valence-corrected chi connectivity index (χ0v) is 18.6. The number of carbonyl (C=O) groups excluding carboxylic acids is 2. The Kier molecular flexibility index (Phi) is 8.99. The first-order valence-corrected chi connectivity index (χ1v) is 10.6. The fraction of sp³-hybridized carbons (Fsp3) is 0.391. The summed E-state index contributed by atoms with van der Waals surface area (Å²) < 4.78 is 0. The third-order valence-corrected chi connectivity index (χ3v) is 5.11. The monoisotopic (exact) mass is 434 g/mol. The van der Waals surface area contributed by atoms with Crippen LogP contribution in [0.5, 0.6) is 0 Å². The quantitative estimate of drug-likeness (QED) is 0.595. The van der Waals surface area contributed by atoms with E-state index in [0.29, 0.717) is 35.5 Å². The van der Waals surface area contributed by atoms with Gasteiger partial charge in [0.05, 0.1) is 6.42 Å². The number of carbonyl (C=O) groups is 2. The van der Waals surface area contributed by atoms with Crippen molar-refractivity contribution in [1.29, 1.82) is 0 Å². The van der Waals surface area contributed by atoms with Gasteiger partial charge in [-0.25, -0.2) is 0 Å².